The maximum Gasteiger partial charge on any atom is 0.341 e. The average Bonchev–Trinajstić information content (AvgIpc) is 2.27. The first-order chi connectivity index (χ1) is 8.32. The Labute approximate surface area is 99.0 Å². The maximum absolute atomic E-state index is 13.5. The van der Waals surface area contributed by atoms with Crippen molar-refractivity contribution in [3.05, 3.63) is 34.4 Å². The van der Waals surface area contributed by atoms with Crippen LogP contribution >= 0.6 is 0 Å². The van der Waals surface area contributed by atoms with E-state index in [4.69, 9.17) is 5.11 Å². The van der Waals surface area contributed by atoms with Gasteiger partial charge in [0.05, 0.1) is 0 Å². The molecule has 0 fully saturated rings. The van der Waals surface area contributed by atoms with Crippen LogP contribution in [-0.2, 0) is 4.79 Å². The van der Waals surface area contributed by atoms with E-state index in [0.717, 1.165) is 0 Å². The lowest BCUT2D eigenvalue weighted by Gasteiger charge is -2.13. The molecule has 1 rings (SSSR count). The third-order valence-electron chi connectivity index (χ3n) is 2.45. The highest BCUT2D eigenvalue weighted by atomic mass is 19.2. The Morgan fingerprint density at radius 3 is 1.94 bits per heavy atom. The maximum atomic E-state index is 13.5. The van der Waals surface area contributed by atoms with E-state index in [1.165, 1.54) is 6.92 Å². The lowest BCUT2D eigenvalue weighted by atomic mass is 9.95. The number of carboxylic acids is 1. The van der Waals surface area contributed by atoms with Gasteiger partial charge in [-0.15, -0.1) is 0 Å². The molecule has 0 saturated carbocycles. The van der Waals surface area contributed by atoms with E-state index in [1.54, 1.807) is 0 Å². The number of benzene rings is 1. The van der Waals surface area contributed by atoms with Gasteiger partial charge in [-0.2, -0.15) is 0 Å². The number of carbonyl (C=O) groups excluding carboxylic acids is 1. The minimum absolute atomic E-state index is 0.338. The molecule has 0 aliphatic heterocycles. The Bertz CT molecular complexity index is 484. The summed E-state index contributed by atoms with van der Waals surface area (Å²) in [5.41, 5.74) is -2.66. The SMILES string of the molecule is CC(CC=O)c1c(F)c(F)c(C(=O)O)c(F)c1F. The number of hydrogen-bond acceptors (Lipinski definition) is 2. The predicted molar refractivity (Wildman–Crippen MR) is 52.3 cm³/mol. The number of carboxylic acid groups (broad SMARTS) is 1. The Morgan fingerprint density at radius 2 is 1.61 bits per heavy atom. The molecule has 7 heteroatoms. The summed E-state index contributed by atoms with van der Waals surface area (Å²) in [6.45, 7) is 1.19. The number of halogens is 4. The van der Waals surface area contributed by atoms with Crippen molar-refractivity contribution in [2.24, 2.45) is 0 Å². The van der Waals surface area contributed by atoms with E-state index in [0.29, 0.717) is 6.29 Å². The summed E-state index contributed by atoms with van der Waals surface area (Å²) < 4.78 is 53.6. The molecule has 0 saturated heterocycles. The molecule has 1 N–H and O–H groups in total. The molecule has 0 bridgehead atoms. The largest absolute Gasteiger partial charge is 0.477 e. The monoisotopic (exact) mass is 264 g/mol. The fourth-order valence-electron chi connectivity index (χ4n) is 1.53. The molecule has 0 aliphatic rings. The van der Waals surface area contributed by atoms with Crippen molar-refractivity contribution in [3.63, 3.8) is 0 Å². The quantitative estimate of drug-likeness (QED) is 0.516. The Balaban J connectivity index is 3.58. The van der Waals surface area contributed by atoms with Gasteiger partial charge in [-0.05, 0) is 5.92 Å². The van der Waals surface area contributed by atoms with Crippen LogP contribution in [0.15, 0.2) is 0 Å². The van der Waals surface area contributed by atoms with Gasteiger partial charge < -0.3 is 9.90 Å². The summed E-state index contributed by atoms with van der Waals surface area (Å²) in [6, 6.07) is 0. The highest BCUT2D eigenvalue weighted by Gasteiger charge is 2.31. The molecule has 1 aromatic rings. The van der Waals surface area contributed by atoms with Crippen molar-refractivity contribution in [2.75, 3.05) is 0 Å². The number of aldehydes is 1. The van der Waals surface area contributed by atoms with Gasteiger partial charge in [0.2, 0.25) is 0 Å². The lowest BCUT2D eigenvalue weighted by Crippen LogP contribution is -2.14. The first kappa shape index (κ1) is 14.1. The van der Waals surface area contributed by atoms with Crippen molar-refractivity contribution < 1.29 is 32.3 Å². The minimum atomic E-state index is -2.11. The smallest absolute Gasteiger partial charge is 0.341 e. The Hall–Kier alpha value is -1.92. The minimum Gasteiger partial charge on any atom is -0.477 e. The number of aromatic carboxylic acids is 1. The second kappa shape index (κ2) is 5.16. The summed E-state index contributed by atoms with van der Waals surface area (Å²) in [6.07, 6.45) is -0.0103. The highest BCUT2D eigenvalue weighted by Crippen LogP contribution is 2.30. The van der Waals surface area contributed by atoms with Gasteiger partial charge in [0.1, 0.15) is 11.8 Å². The summed E-state index contributed by atoms with van der Waals surface area (Å²) >= 11 is 0. The van der Waals surface area contributed by atoms with Crippen molar-refractivity contribution in [3.8, 4) is 0 Å². The van der Waals surface area contributed by atoms with Crippen LogP contribution in [0, 0.1) is 23.3 Å². The summed E-state index contributed by atoms with van der Waals surface area (Å²) in [5, 5.41) is 8.46. The molecule has 18 heavy (non-hydrogen) atoms. The second-order valence-corrected chi connectivity index (χ2v) is 3.65. The third kappa shape index (κ3) is 2.20. The van der Waals surface area contributed by atoms with E-state index in [-0.39, 0.29) is 6.42 Å². The van der Waals surface area contributed by atoms with Gasteiger partial charge in [0.25, 0.3) is 0 Å². The normalized spacial score (nSPS) is 12.3. The molecule has 0 heterocycles. The van der Waals surface area contributed by atoms with E-state index in [1.807, 2.05) is 0 Å². The number of carbonyl (C=O) groups is 2. The zero-order chi connectivity index (χ0) is 14.0. The van der Waals surface area contributed by atoms with Crippen LogP contribution in [0.25, 0.3) is 0 Å². The molecular weight excluding hydrogens is 256 g/mol. The molecule has 0 amide bonds. The summed E-state index contributed by atoms with van der Waals surface area (Å²) in [7, 11) is 0. The van der Waals surface area contributed by atoms with Gasteiger partial charge in [0.15, 0.2) is 23.3 Å². The van der Waals surface area contributed by atoms with Crippen LogP contribution in [0.4, 0.5) is 17.6 Å². The van der Waals surface area contributed by atoms with Gasteiger partial charge in [0, 0.05) is 12.0 Å². The zero-order valence-electron chi connectivity index (χ0n) is 9.14. The van der Waals surface area contributed by atoms with Crippen molar-refractivity contribution in [1.29, 1.82) is 0 Å². The molecule has 0 spiro atoms. The van der Waals surface area contributed by atoms with E-state index < -0.39 is 46.3 Å². The van der Waals surface area contributed by atoms with E-state index in [2.05, 4.69) is 0 Å². The van der Waals surface area contributed by atoms with Gasteiger partial charge >= 0.3 is 5.97 Å². The fourth-order valence-corrected chi connectivity index (χ4v) is 1.53. The zero-order valence-corrected chi connectivity index (χ0v) is 9.14. The Morgan fingerprint density at radius 1 is 1.17 bits per heavy atom. The van der Waals surface area contributed by atoms with Crippen LogP contribution in [-0.4, -0.2) is 17.4 Å². The van der Waals surface area contributed by atoms with Gasteiger partial charge in [-0.25, -0.2) is 22.4 Å². The molecule has 0 aliphatic carbocycles. The molecule has 98 valence electrons. The summed E-state index contributed by atoms with van der Waals surface area (Å²) in [5.74, 6) is -10.8. The van der Waals surface area contributed by atoms with E-state index >= 15 is 0 Å². The van der Waals surface area contributed by atoms with Crippen molar-refractivity contribution in [2.45, 2.75) is 19.3 Å². The standard InChI is InChI=1S/C11H8F4O3/c1-4(2-3-16)5-7(12)9(14)6(11(17)18)10(15)8(5)13/h3-4H,2H2,1H3,(H,17,18). The molecule has 1 aromatic carbocycles. The third-order valence-corrected chi connectivity index (χ3v) is 2.45. The number of rotatable bonds is 4. The average molecular weight is 264 g/mol. The molecule has 1 atom stereocenters. The van der Waals surface area contributed by atoms with Crippen LogP contribution < -0.4 is 0 Å². The van der Waals surface area contributed by atoms with E-state index in [9.17, 15) is 27.2 Å². The predicted octanol–water partition coefficient (Wildman–Crippen LogP) is 2.63. The fraction of sp³-hybridized carbons (Fsp3) is 0.273. The van der Waals surface area contributed by atoms with Crippen molar-refractivity contribution >= 4 is 12.3 Å². The Kier molecular flexibility index (Phi) is 4.05. The van der Waals surface area contributed by atoms with Crippen LogP contribution in [0.3, 0.4) is 0 Å². The molecule has 0 radical (unpaired) electrons. The van der Waals surface area contributed by atoms with Crippen LogP contribution in [0.5, 0.6) is 0 Å². The topological polar surface area (TPSA) is 54.4 Å². The first-order valence-electron chi connectivity index (χ1n) is 4.85. The molecule has 0 aromatic heterocycles. The van der Waals surface area contributed by atoms with Gasteiger partial charge in [-0.1, -0.05) is 6.92 Å². The van der Waals surface area contributed by atoms with Crippen molar-refractivity contribution in [1.82, 2.24) is 0 Å². The molecular formula is C11H8F4O3. The van der Waals surface area contributed by atoms with Crippen LogP contribution in [0.2, 0.25) is 0 Å². The second-order valence-electron chi connectivity index (χ2n) is 3.65. The molecule has 3 nitrogen and oxygen atoms in total. The number of hydrogen-bond donors (Lipinski definition) is 1. The highest BCUT2D eigenvalue weighted by molar-refractivity contribution is 5.88. The van der Waals surface area contributed by atoms with Crippen LogP contribution in [0.1, 0.15) is 35.2 Å². The summed E-state index contributed by atoms with van der Waals surface area (Å²) in [4.78, 5) is 20.7. The van der Waals surface area contributed by atoms with Gasteiger partial charge in [-0.3, -0.25) is 0 Å². The molecule has 1 unspecified atom stereocenters. The lowest BCUT2D eigenvalue weighted by molar-refractivity contribution is -0.108. The first-order valence-corrected chi connectivity index (χ1v) is 4.85.